The molecule has 140 valence electrons. The summed E-state index contributed by atoms with van der Waals surface area (Å²) in [5, 5.41) is 3.18. The highest BCUT2D eigenvalue weighted by atomic mass is 35.5. The molecule has 0 atom stereocenters. The van der Waals surface area contributed by atoms with Crippen molar-refractivity contribution in [1.82, 2.24) is 5.32 Å². The second kappa shape index (κ2) is 8.91. The van der Waals surface area contributed by atoms with Gasteiger partial charge in [0.1, 0.15) is 5.75 Å². The molecule has 1 N–H and O–H groups in total. The van der Waals surface area contributed by atoms with E-state index in [-0.39, 0.29) is 25.4 Å². The third kappa shape index (κ3) is 5.93. The van der Waals surface area contributed by atoms with Crippen molar-refractivity contribution in [2.24, 2.45) is 0 Å². The summed E-state index contributed by atoms with van der Waals surface area (Å²) in [6.07, 6.45) is 1.33. The maximum atomic E-state index is 12.1. The van der Waals surface area contributed by atoms with Gasteiger partial charge < -0.3 is 10.1 Å². The van der Waals surface area contributed by atoms with Gasteiger partial charge in [0.2, 0.25) is 15.9 Å². The molecular weight excluding hydrogens is 376 g/mol. The Balaban J connectivity index is 1.93. The summed E-state index contributed by atoms with van der Waals surface area (Å²) in [6, 6.07) is 13.8. The molecule has 6 nitrogen and oxygen atoms in total. The molecule has 26 heavy (non-hydrogen) atoms. The van der Waals surface area contributed by atoms with Crippen molar-refractivity contribution < 1.29 is 17.9 Å². The number of anilines is 1. The van der Waals surface area contributed by atoms with Crippen molar-refractivity contribution in [2.75, 3.05) is 30.8 Å². The number of ether oxygens (including phenoxy) is 1. The molecule has 2 aromatic carbocycles. The van der Waals surface area contributed by atoms with Crippen LogP contribution in [-0.2, 0) is 21.2 Å². The molecule has 0 aliphatic heterocycles. The molecule has 0 saturated heterocycles. The molecule has 0 aliphatic rings. The topological polar surface area (TPSA) is 75.7 Å². The lowest BCUT2D eigenvalue weighted by Crippen LogP contribution is -2.38. The number of benzene rings is 2. The number of carbonyl (C=O) groups excluding carboxylic acids is 1. The second-order valence-corrected chi connectivity index (χ2v) is 8.03. The van der Waals surface area contributed by atoms with Crippen molar-refractivity contribution in [2.45, 2.75) is 6.42 Å². The van der Waals surface area contributed by atoms with E-state index in [1.165, 1.54) is 4.31 Å². The normalized spacial score (nSPS) is 11.0. The van der Waals surface area contributed by atoms with E-state index in [1.54, 1.807) is 43.5 Å². The average Bonchev–Trinajstić information content (AvgIpc) is 2.58. The van der Waals surface area contributed by atoms with E-state index >= 15 is 0 Å². The molecule has 0 fully saturated rings. The fourth-order valence-corrected chi connectivity index (χ4v) is 3.51. The van der Waals surface area contributed by atoms with Gasteiger partial charge in [0.15, 0.2) is 0 Å². The lowest BCUT2D eigenvalue weighted by Gasteiger charge is -2.22. The van der Waals surface area contributed by atoms with Gasteiger partial charge in [-0.05, 0) is 35.9 Å². The minimum Gasteiger partial charge on any atom is -0.497 e. The van der Waals surface area contributed by atoms with Gasteiger partial charge in [-0.2, -0.15) is 0 Å². The van der Waals surface area contributed by atoms with Gasteiger partial charge in [0.05, 0.1) is 32.0 Å². The molecule has 0 unspecified atom stereocenters. The first-order valence-electron chi connectivity index (χ1n) is 7.92. The Morgan fingerprint density at radius 2 is 1.88 bits per heavy atom. The predicted molar refractivity (Wildman–Crippen MR) is 103 cm³/mol. The van der Waals surface area contributed by atoms with Crippen LogP contribution in [0, 0.1) is 0 Å². The minimum atomic E-state index is -3.49. The molecule has 0 aromatic heterocycles. The summed E-state index contributed by atoms with van der Waals surface area (Å²) in [6.45, 7) is 0.308. The zero-order valence-electron chi connectivity index (χ0n) is 14.6. The van der Waals surface area contributed by atoms with E-state index < -0.39 is 10.0 Å². The Hall–Kier alpha value is -2.25. The molecule has 0 spiro atoms. The van der Waals surface area contributed by atoms with E-state index in [0.717, 1.165) is 17.6 Å². The number of rotatable bonds is 8. The van der Waals surface area contributed by atoms with Crippen molar-refractivity contribution in [3.8, 4) is 5.75 Å². The fourth-order valence-electron chi connectivity index (χ4n) is 2.41. The largest absolute Gasteiger partial charge is 0.497 e. The Morgan fingerprint density at radius 3 is 2.46 bits per heavy atom. The van der Waals surface area contributed by atoms with Crippen molar-refractivity contribution >= 4 is 33.2 Å². The fraction of sp³-hybridized carbons (Fsp3) is 0.278. The van der Waals surface area contributed by atoms with E-state index in [4.69, 9.17) is 16.3 Å². The molecule has 2 rings (SSSR count). The molecule has 0 aliphatic carbocycles. The van der Waals surface area contributed by atoms with Crippen LogP contribution in [0.4, 0.5) is 5.69 Å². The lowest BCUT2D eigenvalue weighted by atomic mass is 10.1. The first kappa shape index (κ1) is 20.1. The zero-order chi connectivity index (χ0) is 19.2. The number of amides is 1. The molecule has 1 amide bonds. The number of sulfonamides is 1. The number of halogens is 1. The van der Waals surface area contributed by atoms with E-state index in [1.807, 2.05) is 12.1 Å². The van der Waals surface area contributed by atoms with Crippen LogP contribution in [0.1, 0.15) is 5.56 Å². The zero-order valence-corrected chi connectivity index (χ0v) is 16.2. The van der Waals surface area contributed by atoms with E-state index in [9.17, 15) is 13.2 Å². The number of hydrogen-bond donors (Lipinski definition) is 1. The van der Waals surface area contributed by atoms with Gasteiger partial charge in [-0.3, -0.25) is 9.10 Å². The highest BCUT2D eigenvalue weighted by Crippen LogP contribution is 2.21. The summed E-state index contributed by atoms with van der Waals surface area (Å²) in [5.41, 5.74) is 1.31. The van der Waals surface area contributed by atoms with Crippen LogP contribution >= 0.6 is 11.6 Å². The van der Waals surface area contributed by atoms with Crippen molar-refractivity contribution in [1.29, 1.82) is 0 Å². The number of methoxy groups -OCH3 is 1. The van der Waals surface area contributed by atoms with Crippen molar-refractivity contribution in [3.63, 3.8) is 0 Å². The van der Waals surface area contributed by atoms with Gasteiger partial charge in [-0.15, -0.1) is 0 Å². The predicted octanol–water partition coefficient (Wildman–Crippen LogP) is 2.47. The van der Waals surface area contributed by atoms with Crippen LogP contribution < -0.4 is 14.4 Å². The van der Waals surface area contributed by atoms with Gasteiger partial charge >= 0.3 is 0 Å². The summed E-state index contributed by atoms with van der Waals surface area (Å²) < 4.78 is 30.3. The molecular formula is C18H21ClN2O4S. The summed E-state index contributed by atoms with van der Waals surface area (Å²) in [7, 11) is -1.91. The van der Waals surface area contributed by atoms with Crippen LogP contribution in [0.2, 0.25) is 5.02 Å². The van der Waals surface area contributed by atoms with Crippen LogP contribution in [0.3, 0.4) is 0 Å². The first-order chi connectivity index (χ1) is 12.3. The molecule has 8 heteroatoms. The van der Waals surface area contributed by atoms with Crippen LogP contribution in [0.15, 0.2) is 48.5 Å². The molecule has 0 saturated carbocycles. The summed E-state index contributed by atoms with van der Waals surface area (Å²) >= 11 is 5.94. The van der Waals surface area contributed by atoms with Crippen molar-refractivity contribution in [3.05, 3.63) is 59.1 Å². The molecule has 2 aromatic rings. The average molecular weight is 397 g/mol. The van der Waals surface area contributed by atoms with Crippen LogP contribution in [0.25, 0.3) is 0 Å². The van der Waals surface area contributed by atoms with Gasteiger partial charge in [0.25, 0.3) is 0 Å². The summed E-state index contributed by atoms with van der Waals surface area (Å²) in [4.78, 5) is 12.1. The van der Waals surface area contributed by atoms with E-state index in [2.05, 4.69) is 5.32 Å². The third-order valence-electron chi connectivity index (χ3n) is 3.66. The minimum absolute atomic E-state index is 0.119. The van der Waals surface area contributed by atoms with E-state index in [0.29, 0.717) is 10.7 Å². The maximum absolute atomic E-state index is 12.1. The van der Waals surface area contributed by atoms with Crippen LogP contribution in [0.5, 0.6) is 5.75 Å². The molecule has 0 bridgehead atoms. The first-order valence-corrected chi connectivity index (χ1v) is 10.1. The molecule has 0 heterocycles. The smallest absolute Gasteiger partial charge is 0.232 e. The third-order valence-corrected chi connectivity index (χ3v) is 5.09. The van der Waals surface area contributed by atoms with Gasteiger partial charge in [-0.1, -0.05) is 29.8 Å². The number of nitrogens with one attached hydrogen (secondary N) is 1. The Kier molecular flexibility index (Phi) is 6.88. The second-order valence-electron chi connectivity index (χ2n) is 5.69. The maximum Gasteiger partial charge on any atom is 0.232 e. The number of hydrogen-bond acceptors (Lipinski definition) is 4. The lowest BCUT2D eigenvalue weighted by molar-refractivity contribution is -0.120. The Morgan fingerprint density at radius 1 is 1.19 bits per heavy atom. The van der Waals surface area contributed by atoms with Gasteiger partial charge in [-0.25, -0.2) is 8.42 Å². The Bertz CT molecular complexity index is 854. The highest BCUT2D eigenvalue weighted by molar-refractivity contribution is 7.92. The monoisotopic (exact) mass is 396 g/mol. The number of nitrogens with zero attached hydrogens (tertiary/aromatic N) is 1. The highest BCUT2D eigenvalue weighted by Gasteiger charge is 2.17. The summed E-state index contributed by atoms with van der Waals surface area (Å²) in [5.74, 6) is 0.536. The van der Waals surface area contributed by atoms with Crippen LogP contribution in [-0.4, -0.2) is 40.8 Å². The van der Waals surface area contributed by atoms with Gasteiger partial charge in [0, 0.05) is 11.6 Å². The Labute approximate surface area is 158 Å². The number of carbonyl (C=O) groups is 1. The molecule has 0 radical (unpaired) electrons. The SMILES string of the molecule is COc1ccc(CC(=O)NCCN(c2cccc(Cl)c2)S(C)(=O)=O)cc1. The quantitative estimate of drug-likeness (QED) is 0.743. The standard InChI is InChI=1S/C18H21ClN2O4S/c1-25-17-8-6-14(7-9-17)12-18(22)20-10-11-21(26(2,23)24)16-5-3-4-15(19)13-16/h3-9,13H,10-12H2,1-2H3,(H,20,22).